The Morgan fingerprint density at radius 3 is 2.78 bits per heavy atom. The molecule has 7 heteroatoms. The minimum atomic E-state index is -0.551. The van der Waals surface area contributed by atoms with Crippen molar-refractivity contribution >= 4 is 17.5 Å². The molecular weight excluding hydrogens is 404 g/mol. The van der Waals surface area contributed by atoms with Gasteiger partial charge < -0.3 is 14.5 Å². The molecule has 1 fully saturated rings. The summed E-state index contributed by atoms with van der Waals surface area (Å²) in [5, 5.41) is 0. The third-order valence-electron chi connectivity index (χ3n) is 6.43. The number of hydrogen-bond donors (Lipinski definition) is 0. The average molecular weight is 437 g/mol. The molecule has 2 aliphatic heterocycles. The molecule has 4 rings (SSSR count). The predicted molar refractivity (Wildman–Crippen MR) is 123 cm³/mol. The molecule has 0 aliphatic carbocycles. The second-order valence-corrected chi connectivity index (χ2v) is 8.52. The number of pyridine rings is 1. The number of carbonyl (C=O) groups excluding carboxylic acids is 2. The van der Waals surface area contributed by atoms with E-state index in [2.05, 4.69) is 16.8 Å². The van der Waals surface area contributed by atoms with Crippen molar-refractivity contribution < 1.29 is 14.3 Å². The molecule has 2 amide bonds. The van der Waals surface area contributed by atoms with Crippen molar-refractivity contribution in [1.29, 1.82) is 0 Å². The topological polar surface area (TPSA) is 66.0 Å². The van der Waals surface area contributed by atoms with E-state index >= 15 is 0 Å². The molecule has 0 N–H and O–H groups in total. The molecule has 0 bridgehead atoms. The summed E-state index contributed by atoms with van der Waals surface area (Å²) in [4.78, 5) is 36.4. The van der Waals surface area contributed by atoms with Gasteiger partial charge in [-0.15, -0.1) is 0 Å². The monoisotopic (exact) mass is 436 g/mol. The minimum absolute atomic E-state index is 0.0641. The van der Waals surface area contributed by atoms with Gasteiger partial charge in [-0.25, -0.2) is 0 Å². The molecule has 0 unspecified atom stereocenters. The second-order valence-electron chi connectivity index (χ2n) is 8.52. The molecule has 2 aromatic rings. The number of carbonyl (C=O) groups is 2. The number of fused-ring (bicyclic) bond motifs is 1. The lowest BCUT2D eigenvalue weighted by atomic mass is 10.1. The number of benzene rings is 1. The Morgan fingerprint density at radius 2 is 2.00 bits per heavy atom. The first-order valence-corrected chi connectivity index (χ1v) is 11.5. The third-order valence-corrected chi connectivity index (χ3v) is 6.43. The Hall–Kier alpha value is -2.93. The van der Waals surface area contributed by atoms with Crippen molar-refractivity contribution in [2.45, 2.75) is 51.8 Å². The summed E-state index contributed by atoms with van der Waals surface area (Å²) in [6.45, 7) is 7.63. The van der Waals surface area contributed by atoms with Crippen LogP contribution < -0.4 is 9.64 Å². The number of nitrogens with zero attached hydrogens (tertiary/aromatic N) is 4. The van der Waals surface area contributed by atoms with Gasteiger partial charge in [-0.05, 0) is 62.7 Å². The maximum Gasteiger partial charge on any atom is 0.267 e. The molecule has 0 saturated carbocycles. The van der Waals surface area contributed by atoms with Gasteiger partial charge in [0.25, 0.3) is 5.91 Å². The average Bonchev–Trinajstić information content (AvgIpc) is 3.26. The summed E-state index contributed by atoms with van der Waals surface area (Å²) in [7, 11) is 0. The zero-order valence-electron chi connectivity index (χ0n) is 18.9. The number of likely N-dealkylation sites (tertiary alicyclic amines) is 1. The largest absolute Gasteiger partial charge is 0.479 e. The molecule has 1 aromatic carbocycles. The van der Waals surface area contributed by atoms with E-state index in [0.717, 1.165) is 30.8 Å². The lowest BCUT2D eigenvalue weighted by molar-refractivity contribution is -0.132. The van der Waals surface area contributed by atoms with Gasteiger partial charge >= 0.3 is 0 Å². The van der Waals surface area contributed by atoms with Crippen LogP contribution in [0.5, 0.6) is 5.75 Å². The van der Waals surface area contributed by atoms with E-state index in [1.165, 1.54) is 6.42 Å². The number of likely N-dealkylation sites (N-methyl/N-ethyl adjacent to an activating group) is 1. The van der Waals surface area contributed by atoms with Crippen LogP contribution in [0.15, 0.2) is 48.8 Å². The lowest BCUT2D eigenvalue weighted by Crippen LogP contribution is -2.47. The summed E-state index contributed by atoms with van der Waals surface area (Å²) in [5.74, 6) is 0.643. The van der Waals surface area contributed by atoms with Gasteiger partial charge in [-0.2, -0.15) is 0 Å². The predicted octanol–water partition coefficient (Wildman–Crippen LogP) is 3.10. The maximum atomic E-state index is 13.4. The second kappa shape index (κ2) is 10.1. The zero-order chi connectivity index (χ0) is 22.5. The van der Waals surface area contributed by atoms with Crippen molar-refractivity contribution in [3.05, 3.63) is 54.4 Å². The van der Waals surface area contributed by atoms with Gasteiger partial charge in [0.2, 0.25) is 5.91 Å². The van der Waals surface area contributed by atoms with Gasteiger partial charge in [0, 0.05) is 44.5 Å². The lowest BCUT2D eigenvalue weighted by Gasteiger charge is -2.34. The van der Waals surface area contributed by atoms with Gasteiger partial charge in [0.05, 0.1) is 5.69 Å². The number of aromatic nitrogens is 1. The third kappa shape index (κ3) is 4.93. The van der Waals surface area contributed by atoms with Crippen molar-refractivity contribution in [2.75, 3.05) is 31.1 Å². The van der Waals surface area contributed by atoms with E-state index in [9.17, 15) is 9.59 Å². The first-order valence-electron chi connectivity index (χ1n) is 11.5. The van der Waals surface area contributed by atoms with Crippen LogP contribution in [-0.2, 0) is 16.1 Å². The van der Waals surface area contributed by atoms with Crippen LogP contribution in [0.2, 0.25) is 0 Å². The number of amides is 2. The molecule has 0 radical (unpaired) electrons. The normalized spacial score (nSPS) is 20.7. The fraction of sp³-hybridized carbons (Fsp3) is 0.480. The van der Waals surface area contributed by atoms with Crippen molar-refractivity contribution in [1.82, 2.24) is 14.8 Å². The highest BCUT2D eigenvalue weighted by atomic mass is 16.5. The standard InChI is InChI=1S/C25H32N4O3/c1-3-27-15-6-7-21(27)18-28(17-20-10-13-26-14-11-20)24(30)12-16-29-22-8-4-5-9-23(22)32-19(2)25(29)31/h4-5,8-11,13-14,19,21H,3,6-7,12,15-18H2,1-2H3/t19-,21-/m0/s1. The van der Waals surface area contributed by atoms with E-state index in [1.807, 2.05) is 41.3 Å². The van der Waals surface area contributed by atoms with E-state index < -0.39 is 6.10 Å². The summed E-state index contributed by atoms with van der Waals surface area (Å²) in [6.07, 6.45) is 5.53. The zero-order valence-corrected chi connectivity index (χ0v) is 18.9. The number of para-hydroxylation sites is 2. The summed E-state index contributed by atoms with van der Waals surface area (Å²) in [5.41, 5.74) is 1.80. The molecular formula is C25H32N4O3. The summed E-state index contributed by atoms with van der Waals surface area (Å²) < 4.78 is 5.72. The van der Waals surface area contributed by atoms with E-state index in [0.29, 0.717) is 31.4 Å². The molecule has 32 heavy (non-hydrogen) atoms. The van der Waals surface area contributed by atoms with Gasteiger partial charge in [0.15, 0.2) is 6.10 Å². The van der Waals surface area contributed by atoms with Crippen LogP contribution in [0, 0.1) is 0 Å². The molecule has 7 nitrogen and oxygen atoms in total. The van der Waals surface area contributed by atoms with Crippen molar-refractivity contribution in [3.8, 4) is 5.75 Å². The Kier molecular flexibility index (Phi) is 7.05. The molecule has 3 heterocycles. The number of anilines is 1. The Morgan fingerprint density at radius 1 is 1.22 bits per heavy atom. The highest BCUT2D eigenvalue weighted by molar-refractivity contribution is 6.00. The van der Waals surface area contributed by atoms with Crippen molar-refractivity contribution in [3.63, 3.8) is 0 Å². The first-order chi connectivity index (χ1) is 15.6. The molecule has 1 aromatic heterocycles. The highest BCUT2D eigenvalue weighted by Gasteiger charge is 2.32. The summed E-state index contributed by atoms with van der Waals surface area (Å²) >= 11 is 0. The first kappa shape index (κ1) is 22.3. The van der Waals surface area contributed by atoms with Crippen LogP contribution in [0.25, 0.3) is 0 Å². The van der Waals surface area contributed by atoms with Crippen LogP contribution >= 0.6 is 0 Å². The molecule has 2 atom stereocenters. The van der Waals surface area contributed by atoms with E-state index in [1.54, 1.807) is 24.2 Å². The fourth-order valence-corrected chi connectivity index (χ4v) is 4.69. The summed E-state index contributed by atoms with van der Waals surface area (Å²) in [6, 6.07) is 11.8. The molecule has 170 valence electrons. The fourth-order valence-electron chi connectivity index (χ4n) is 4.69. The van der Waals surface area contributed by atoms with Gasteiger partial charge in [-0.3, -0.25) is 19.5 Å². The Bertz CT molecular complexity index is 936. The number of rotatable bonds is 8. The number of ether oxygens (including phenoxy) is 1. The van der Waals surface area contributed by atoms with Crippen LogP contribution in [-0.4, -0.2) is 64.9 Å². The Labute approximate surface area is 190 Å². The van der Waals surface area contributed by atoms with E-state index in [4.69, 9.17) is 4.74 Å². The number of hydrogen-bond acceptors (Lipinski definition) is 5. The molecule has 1 saturated heterocycles. The van der Waals surface area contributed by atoms with Crippen LogP contribution in [0.1, 0.15) is 38.7 Å². The smallest absolute Gasteiger partial charge is 0.267 e. The van der Waals surface area contributed by atoms with Crippen molar-refractivity contribution in [2.24, 2.45) is 0 Å². The minimum Gasteiger partial charge on any atom is -0.479 e. The van der Waals surface area contributed by atoms with Crippen LogP contribution in [0.3, 0.4) is 0 Å². The molecule has 2 aliphatic rings. The highest BCUT2D eigenvalue weighted by Crippen LogP contribution is 2.33. The maximum absolute atomic E-state index is 13.4. The van der Waals surface area contributed by atoms with E-state index in [-0.39, 0.29) is 18.2 Å². The SMILES string of the molecule is CCN1CCC[C@H]1CN(Cc1ccncc1)C(=O)CCN1C(=O)[C@H](C)Oc2ccccc21. The molecule has 0 spiro atoms. The van der Waals surface area contributed by atoms with Gasteiger partial charge in [0.1, 0.15) is 5.75 Å². The van der Waals surface area contributed by atoms with Gasteiger partial charge in [-0.1, -0.05) is 19.1 Å². The van der Waals surface area contributed by atoms with Crippen LogP contribution in [0.4, 0.5) is 5.69 Å². The Balaban J connectivity index is 1.47. The quantitative estimate of drug-likeness (QED) is 0.636.